The van der Waals surface area contributed by atoms with Crippen LogP contribution in [0.25, 0.3) is 0 Å². The van der Waals surface area contributed by atoms with E-state index in [-0.39, 0.29) is 11.0 Å². The lowest BCUT2D eigenvalue weighted by Gasteiger charge is -2.11. The molecule has 0 radical (unpaired) electrons. The van der Waals surface area contributed by atoms with E-state index >= 15 is 0 Å². The van der Waals surface area contributed by atoms with Crippen LogP contribution in [0.1, 0.15) is 43.0 Å². The van der Waals surface area contributed by atoms with Crippen LogP contribution in [0.2, 0.25) is 0 Å². The van der Waals surface area contributed by atoms with Crippen LogP contribution in [0.4, 0.5) is 5.69 Å². The summed E-state index contributed by atoms with van der Waals surface area (Å²) in [6.45, 7) is 2.88. The van der Waals surface area contributed by atoms with Crippen LogP contribution in [0.15, 0.2) is 48.5 Å². The summed E-state index contributed by atoms with van der Waals surface area (Å²) in [4.78, 5) is 12.3. The molecule has 6 heteroatoms. The van der Waals surface area contributed by atoms with E-state index in [1.165, 1.54) is 19.3 Å². The average molecular weight is 387 g/mol. The highest BCUT2D eigenvalue weighted by Crippen LogP contribution is 2.17. The summed E-state index contributed by atoms with van der Waals surface area (Å²) >= 11 is 5.20. The molecule has 0 fully saturated rings. The number of hydrogen-bond acceptors (Lipinski definition) is 4. The minimum atomic E-state index is -0.273. The second-order valence-electron chi connectivity index (χ2n) is 6.07. The molecule has 0 aromatic heterocycles. The first-order valence-corrected chi connectivity index (χ1v) is 9.52. The molecule has 1 amide bonds. The molecular formula is C21H26N2O3S. The predicted molar refractivity (Wildman–Crippen MR) is 113 cm³/mol. The zero-order valence-electron chi connectivity index (χ0n) is 15.8. The predicted octanol–water partition coefficient (Wildman–Crippen LogP) is 4.78. The molecule has 144 valence electrons. The van der Waals surface area contributed by atoms with Gasteiger partial charge in [-0.15, -0.1) is 0 Å². The van der Waals surface area contributed by atoms with Crippen molar-refractivity contribution in [3.05, 3.63) is 54.1 Å². The number of nitrogens with one attached hydrogen (secondary N) is 2. The van der Waals surface area contributed by atoms with Gasteiger partial charge in [0.2, 0.25) is 0 Å². The Balaban J connectivity index is 1.81. The lowest BCUT2D eigenvalue weighted by atomic mass is 10.2. The Morgan fingerprint density at radius 1 is 1.04 bits per heavy atom. The molecule has 0 bridgehead atoms. The molecule has 27 heavy (non-hydrogen) atoms. The summed E-state index contributed by atoms with van der Waals surface area (Å²) in [6, 6.07) is 14.4. The van der Waals surface area contributed by atoms with Crippen molar-refractivity contribution in [3.63, 3.8) is 0 Å². The van der Waals surface area contributed by atoms with Crippen molar-refractivity contribution in [2.45, 2.75) is 32.6 Å². The molecule has 0 saturated heterocycles. The molecule has 0 aliphatic rings. The number of ether oxygens (including phenoxy) is 2. The first-order valence-electron chi connectivity index (χ1n) is 9.11. The first kappa shape index (κ1) is 20.7. The molecule has 0 atom stereocenters. The number of rotatable bonds is 9. The van der Waals surface area contributed by atoms with Crippen LogP contribution in [0.5, 0.6) is 11.5 Å². The summed E-state index contributed by atoms with van der Waals surface area (Å²) < 4.78 is 10.9. The molecule has 2 rings (SSSR count). The number of carbonyl (C=O) groups excluding carboxylic acids is 1. The maximum absolute atomic E-state index is 12.3. The van der Waals surface area contributed by atoms with Crippen molar-refractivity contribution in [2.75, 3.05) is 19.0 Å². The fraction of sp³-hybridized carbons (Fsp3) is 0.333. The lowest BCUT2D eigenvalue weighted by Crippen LogP contribution is -2.34. The minimum Gasteiger partial charge on any atom is -0.497 e. The summed E-state index contributed by atoms with van der Waals surface area (Å²) in [5, 5.41) is 5.86. The number of benzene rings is 2. The van der Waals surface area contributed by atoms with E-state index in [0.717, 1.165) is 17.9 Å². The van der Waals surface area contributed by atoms with Gasteiger partial charge in [-0.2, -0.15) is 0 Å². The van der Waals surface area contributed by atoms with Gasteiger partial charge in [0.1, 0.15) is 11.5 Å². The zero-order chi connectivity index (χ0) is 19.5. The molecule has 0 saturated carbocycles. The van der Waals surface area contributed by atoms with Gasteiger partial charge in [0, 0.05) is 17.3 Å². The molecule has 0 spiro atoms. The maximum atomic E-state index is 12.3. The van der Waals surface area contributed by atoms with E-state index in [4.69, 9.17) is 21.7 Å². The van der Waals surface area contributed by atoms with Crippen molar-refractivity contribution in [1.82, 2.24) is 5.32 Å². The van der Waals surface area contributed by atoms with Gasteiger partial charge >= 0.3 is 0 Å². The van der Waals surface area contributed by atoms with E-state index in [2.05, 4.69) is 17.6 Å². The summed E-state index contributed by atoms with van der Waals surface area (Å²) in [6.07, 6.45) is 4.65. The molecule has 2 aromatic rings. The second kappa shape index (κ2) is 11.2. The topological polar surface area (TPSA) is 59.6 Å². The van der Waals surface area contributed by atoms with Gasteiger partial charge in [0.25, 0.3) is 5.91 Å². The molecule has 2 N–H and O–H groups in total. The van der Waals surface area contributed by atoms with E-state index < -0.39 is 0 Å². The Morgan fingerprint density at radius 2 is 1.81 bits per heavy atom. The van der Waals surface area contributed by atoms with E-state index in [1.807, 2.05) is 18.2 Å². The van der Waals surface area contributed by atoms with Crippen molar-refractivity contribution in [2.24, 2.45) is 0 Å². The highest BCUT2D eigenvalue weighted by atomic mass is 32.1. The quantitative estimate of drug-likeness (QED) is 0.480. The van der Waals surface area contributed by atoms with E-state index in [9.17, 15) is 4.79 Å². The highest BCUT2D eigenvalue weighted by Gasteiger charge is 2.08. The second-order valence-corrected chi connectivity index (χ2v) is 6.48. The monoisotopic (exact) mass is 386 g/mol. The third-order valence-corrected chi connectivity index (χ3v) is 4.14. The number of amides is 1. The van der Waals surface area contributed by atoms with Crippen LogP contribution in [0.3, 0.4) is 0 Å². The number of anilines is 1. The van der Waals surface area contributed by atoms with Gasteiger partial charge in [-0.1, -0.05) is 32.3 Å². The van der Waals surface area contributed by atoms with Crippen LogP contribution in [-0.2, 0) is 0 Å². The normalized spacial score (nSPS) is 10.1. The Labute approximate surface area is 166 Å². The van der Waals surface area contributed by atoms with Crippen LogP contribution < -0.4 is 20.1 Å². The smallest absolute Gasteiger partial charge is 0.257 e. The summed E-state index contributed by atoms with van der Waals surface area (Å²) in [5.41, 5.74) is 1.26. The molecule has 5 nitrogen and oxygen atoms in total. The molecule has 2 aromatic carbocycles. The third-order valence-electron chi connectivity index (χ3n) is 3.94. The third kappa shape index (κ3) is 7.27. The van der Waals surface area contributed by atoms with Gasteiger partial charge in [-0.3, -0.25) is 10.1 Å². The number of carbonyl (C=O) groups is 1. The number of methoxy groups -OCH3 is 1. The van der Waals surface area contributed by atoms with Crippen LogP contribution in [-0.4, -0.2) is 24.7 Å². The first-order chi connectivity index (χ1) is 13.1. The Bertz CT molecular complexity index is 747. The molecule has 0 aliphatic carbocycles. The average Bonchev–Trinajstić information content (AvgIpc) is 2.68. The Morgan fingerprint density at radius 3 is 2.52 bits per heavy atom. The van der Waals surface area contributed by atoms with Gasteiger partial charge in [-0.25, -0.2) is 0 Å². The van der Waals surface area contributed by atoms with E-state index in [1.54, 1.807) is 37.4 Å². The van der Waals surface area contributed by atoms with Gasteiger partial charge in [0.15, 0.2) is 5.11 Å². The molecule has 0 heterocycles. The number of hydrogen-bond donors (Lipinski definition) is 2. The Hall–Kier alpha value is -2.60. The van der Waals surface area contributed by atoms with Crippen molar-refractivity contribution < 1.29 is 14.3 Å². The van der Waals surface area contributed by atoms with Gasteiger partial charge in [0.05, 0.1) is 13.7 Å². The highest BCUT2D eigenvalue weighted by molar-refractivity contribution is 7.80. The van der Waals surface area contributed by atoms with Crippen molar-refractivity contribution in [3.8, 4) is 11.5 Å². The summed E-state index contributed by atoms with van der Waals surface area (Å²) in [7, 11) is 1.60. The molecular weight excluding hydrogens is 360 g/mol. The van der Waals surface area contributed by atoms with Crippen molar-refractivity contribution >= 4 is 28.9 Å². The fourth-order valence-corrected chi connectivity index (χ4v) is 2.67. The van der Waals surface area contributed by atoms with E-state index in [0.29, 0.717) is 17.9 Å². The Kier molecular flexibility index (Phi) is 8.58. The number of unbranched alkanes of at least 4 members (excludes halogenated alkanes) is 3. The summed E-state index contributed by atoms with van der Waals surface area (Å²) in [5.74, 6) is 1.20. The van der Waals surface area contributed by atoms with Crippen LogP contribution in [0, 0.1) is 0 Å². The molecule has 0 unspecified atom stereocenters. The van der Waals surface area contributed by atoms with Crippen LogP contribution >= 0.6 is 12.2 Å². The van der Waals surface area contributed by atoms with Crippen molar-refractivity contribution in [1.29, 1.82) is 0 Å². The number of thiocarbonyl (C=S) groups is 1. The van der Waals surface area contributed by atoms with Gasteiger partial charge < -0.3 is 14.8 Å². The standard InChI is InChI=1S/C21H26N2O3S/c1-3-4-5-6-14-26-18-12-10-16(11-13-18)20(24)23-21(27)22-17-8-7-9-19(15-17)25-2/h7-13,15H,3-6,14H2,1-2H3,(H2,22,23,24,27). The minimum absolute atomic E-state index is 0.226. The fourth-order valence-electron chi connectivity index (χ4n) is 2.46. The SMILES string of the molecule is CCCCCCOc1ccc(C(=O)NC(=S)Nc2cccc(OC)c2)cc1. The lowest BCUT2D eigenvalue weighted by molar-refractivity contribution is 0.0977. The molecule has 0 aliphatic heterocycles. The van der Waals surface area contributed by atoms with Gasteiger partial charge in [-0.05, 0) is 55.0 Å². The largest absolute Gasteiger partial charge is 0.497 e. The zero-order valence-corrected chi connectivity index (χ0v) is 16.6. The maximum Gasteiger partial charge on any atom is 0.257 e.